The molecule has 3 N–H and O–H groups in total. The van der Waals surface area contributed by atoms with Gasteiger partial charge in [0.1, 0.15) is 5.75 Å². The number of aromatic hydroxyl groups is 1. The standard InChI is InChI=1S/C13H12N4O/c14-10-4-5-17-13(8-10)15-12(16-17)7-9-2-1-3-11(18)6-9/h1-6,8,18H,7,14H2. The van der Waals surface area contributed by atoms with Gasteiger partial charge in [0, 0.05) is 24.4 Å². The van der Waals surface area contributed by atoms with E-state index in [1.807, 2.05) is 6.07 Å². The SMILES string of the molecule is Nc1ccn2nc(Cc3cccc(O)c3)nc2c1. The number of aromatic nitrogens is 3. The number of phenolic OH excluding ortho intramolecular Hbond substituents is 1. The average molecular weight is 240 g/mol. The lowest BCUT2D eigenvalue weighted by Gasteiger charge is -1.97. The summed E-state index contributed by atoms with van der Waals surface area (Å²) in [6, 6.07) is 10.6. The lowest BCUT2D eigenvalue weighted by molar-refractivity contribution is 0.474. The summed E-state index contributed by atoms with van der Waals surface area (Å²) >= 11 is 0. The van der Waals surface area contributed by atoms with Crippen molar-refractivity contribution in [3.8, 4) is 5.75 Å². The maximum absolute atomic E-state index is 9.40. The molecular weight excluding hydrogens is 228 g/mol. The molecule has 0 radical (unpaired) electrons. The van der Waals surface area contributed by atoms with Gasteiger partial charge in [-0.25, -0.2) is 9.50 Å². The van der Waals surface area contributed by atoms with Crippen molar-refractivity contribution in [3.63, 3.8) is 0 Å². The summed E-state index contributed by atoms with van der Waals surface area (Å²) in [5.41, 5.74) is 8.06. The van der Waals surface area contributed by atoms with Crippen LogP contribution in [0.2, 0.25) is 0 Å². The molecule has 5 heteroatoms. The second kappa shape index (κ2) is 4.03. The van der Waals surface area contributed by atoms with Crippen molar-refractivity contribution in [1.29, 1.82) is 0 Å². The van der Waals surface area contributed by atoms with Gasteiger partial charge in [-0.2, -0.15) is 5.10 Å². The number of hydrogen-bond donors (Lipinski definition) is 2. The molecule has 0 bridgehead atoms. The highest BCUT2D eigenvalue weighted by Gasteiger charge is 2.05. The van der Waals surface area contributed by atoms with Gasteiger partial charge in [0.2, 0.25) is 0 Å². The summed E-state index contributed by atoms with van der Waals surface area (Å²) in [4.78, 5) is 4.39. The molecule has 0 unspecified atom stereocenters. The van der Waals surface area contributed by atoms with Crippen LogP contribution >= 0.6 is 0 Å². The minimum absolute atomic E-state index is 0.250. The minimum atomic E-state index is 0.250. The highest BCUT2D eigenvalue weighted by molar-refractivity contribution is 5.50. The van der Waals surface area contributed by atoms with Crippen LogP contribution in [0.3, 0.4) is 0 Å². The van der Waals surface area contributed by atoms with Crippen molar-refractivity contribution in [3.05, 3.63) is 54.0 Å². The highest BCUT2D eigenvalue weighted by atomic mass is 16.3. The molecule has 0 aliphatic carbocycles. The summed E-state index contributed by atoms with van der Waals surface area (Å²) in [5.74, 6) is 0.951. The maximum atomic E-state index is 9.40. The summed E-state index contributed by atoms with van der Waals surface area (Å²) in [7, 11) is 0. The Morgan fingerprint density at radius 3 is 2.94 bits per heavy atom. The molecule has 1 aromatic carbocycles. The van der Waals surface area contributed by atoms with Gasteiger partial charge in [-0.1, -0.05) is 12.1 Å². The fourth-order valence-corrected chi connectivity index (χ4v) is 1.87. The van der Waals surface area contributed by atoms with Gasteiger partial charge >= 0.3 is 0 Å². The highest BCUT2D eigenvalue weighted by Crippen LogP contribution is 2.14. The van der Waals surface area contributed by atoms with E-state index >= 15 is 0 Å². The Morgan fingerprint density at radius 2 is 2.11 bits per heavy atom. The Labute approximate surface area is 104 Å². The van der Waals surface area contributed by atoms with Crippen LogP contribution in [-0.2, 0) is 6.42 Å². The molecule has 2 heterocycles. The van der Waals surface area contributed by atoms with Crippen LogP contribution in [0.15, 0.2) is 42.6 Å². The normalized spacial score (nSPS) is 10.9. The number of nitrogen functional groups attached to an aromatic ring is 1. The Kier molecular flexibility index (Phi) is 2.37. The maximum Gasteiger partial charge on any atom is 0.157 e. The number of hydrogen-bond acceptors (Lipinski definition) is 4. The molecule has 0 spiro atoms. The lowest BCUT2D eigenvalue weighted by Crippen LogP contribution is -1.92. The van der Waals surface area contributed by atoms with E-state index in [-0.39, 0.29) is 5.75 Å². The Morgan fingerprint density at radius 1 is 1.22 bits per heavy atom. The van der Waals surface area contributed by atoms with E-state index in [0.717, 1.165) is 11.2 Å². The molecule has 3 rings (SSSR count). The second-order valence-corrected chi connectivity index (χ2v) is 4.14. The van der Waals surface area contributed by atoms with Crippen molar-refractivity contribution in [2.45, 2.75) is 6.42 Å². The van der Waals surface area contributed by atoms with E-state index in [9.17, 15) is 5.11 Å². The van der Waals surface area contributed by atoms with E-state index in [0.29, 0.717) is 17.9 Å². The van der Waals surface area contributed by atoms with E-state index in [1.165, 1.54) is 0 Å². The molecule has 90 valence electrons. The summed E-state index contributed by atoms with van der Waals surface area (Å²) in [6.45, 7) is 0. The van der Waals surface area contributed by atoms with Gasteiger partial charge in [0.05, 0.1) is 0 Å². The first kappa shape index (κ1) is 10.6. The molecule has 0 fully saturated rings. The summed E-state index contributed by atoms with van der Waals surface area (Å²) in [6.07, 6.45) is 2.36. The average Bonchev–Trinajstić information content (AvgIpc) is 2.70. The van der Waals surface area contributed by atoms with Crippen molar-refractivity contribution >= 4 is 11.3 Å². The van der Waals surface area contributed by atoms with E-state index in [1.54, 1.807) is 41.0 Å². The van der Waals surface area contributed by atoms with Gasteiger partial charge in [-0.05, 0) is 23.8 Å². The first-order valence-corrected chi connectivity index (χ1v) is 5.59. The van der Waals surface area contributed by atoms with Gasteiger partial charge < -0.3 is 10.8 Å². The smallest absolute Gasteiger partial charge is 0.157 e. The van der Waals surface area contributed by atoms with Gasteiger partial charge in [-0.15, -0.1) is 0 Å². The fraction of sp³-hybridized carbons (Fsp3) is 0.0769. The van der Waals surface area contributed by atoms with Crippen LogP contribution in [0.5, 0.6) is 5.75 Å². The number of nitrogens with zero attached hydrogens (tertiary/aromatic N) is 3. The molecule has 3 aromatic rings. The number of benzene rings is 1. The van der Waals surface area contributed by atoms with Crippen LogP contribution in [0, 0.1) is 0 Å². The van der Waals surface area contributed by atoms with Crippen LogP contribution < -0.4 is 5.73 Å². The van der Waals surface area contributed by atoms with Crippen LogP contribution in [0.25, 0.3) is 5.65 Å². The van der Waals surface area contributed by atoms with E-state index < -0.39 is 0 Å². The predicted octanol–water partition coefficient (Wildman–Crippen LogP) is 1.61. The number of rotatable bonds is 2. The number of phenols is 1. The van der Waals surface area contributed by atoms with Crippen molar-refractivity contribution in [2.75, 3.05) is 5.73 Å². The third-order valence-electron chi connectivity index (χ3n) is 2.68. The molecule has 0 saturated carbocycles. The molecular formula is C13H12N4O. The molecule has 18 heavy (non-hydrogen) atoms. The third-order valence-corrected chi connectivity index (χ3v) is 2.68. The van der Waals surface area contributed by atoms with E-state index in [2.05, 4.69) is 10.1 Å². The summed E-state index contributed by atoms with van der Waals surface area (Å²) in [5, 5.41) is 13.8. The quantitative estimate of drug-likeness (QED) is 0.713. The zero-order valence-electron chi connectivity index (χ0n) is 9.61. The number of pyridine rings is 1. The number of fused-ring (bicyclic) bond motifs is 1. The molecule has 0 saturated heterocycles. The van der Waals surface area contributed by atoms with Crippen molar-refractivity contribution in [2.24, 2.45) is 0 Å². The largest absolute Gasteiger partial charge is 0.508 e. The molecule has 0 aliphatic rings. The van der Waals surface area contributed by atoms with Gasteiger partial charge in [0.15, 0.2) is 11.5 Å². The zero-order chi connectivity index (χ0) is 12.5. The monoisotopic (exact) mass is 240 g/mol. The number of nitrogens with two attached hydrogens (primary N) is 1. The first-order chi connectivity index (χ1) is 8.70. The van der Waals surface area contributed by atoms with E-state index in [4.69, 9.17) is 5.73 Å². The Balaban J connectivity index is 1.95. The summed E-state index contributed by atoms with van der Waals surface area (Å²) < 4.78 is 1.69. The molecule has 5 nitrogen and oxygen atoms in total. The number of anilines is 1. The lowest BCUT2D eigenvalue weighted by atomic mass is 10.1. The predicted molar refractivity (Wildman–Crippen MR) is 68.3 cm³/mol. The van der Waals surface area contributed by atoms with Crippen LogP contribution in [0.1, 0.15) is 11.4 Å². The topological polar surface area (TPSA) is 76.4 Å². The van der Waals surface area contributed by atoms with Gasteiger partial charge in [0.25, 0.3) is 0 Å². The van der Waals surface area contributed by atoms with Crippen molar-refractivity contribution in [1.82, 2.24) is 14.6 Å². The van der Waals surface area contributed by atoms with Gasteiger partial charge in [-0.3, -0.25) is 0 Å². The third kappa shape index (κ3) is 1.98. The zero-order valence-corrected chi connectivity index (χ0v) is 9.61. The minimum Gasteiger partial charge on any atom is -0.508 e. The molecule has 0 aliphatic heterocycles. The van der Waals surface area contributed by atoms with Crippen LogP contribution in [0.4, 0.5) is 5.69 Å². The Bertz CT molecular complexity index is 705. The fourth-order valence-electron chi connectivity index (χ4n) is 1.87. The first-order valence-electron chi connectivity index (χ1n) is 5.59. The second-order valence-electron chi connectivity index (χ2n) is 4.14. The molecule has 0 amide bonds. The van der Waals surface area contributed by atoms with Crippen molar-refractivity contribution < 1.29 is 5.11 Å². The molecule has 2 aromatic heterocycles. The molecule has 0 atom stereocenters. The Hall–Kier alpha value is -2.56. The van der Waals surface area contributed by atoms with Crippen LogP contribution in [-0.4, -0.2) is 19.7 Å².